The molecule has 2 atom stereocenters. The Kier molecular flexibility index (Phi) is 6.81. The topological polar surface area (TPSA) is 134 Å². The normalized spacial score (nSPS) is 12.6. The Morgan fingerprint density at radius 3 is 2.55 bits per heavy atom. The van der Waals surface area contributed by atoms with Gasteiger partial charge in [-0.3, -0.25) is 15.0 Å². The number of amides is 1. The molecule has 2 unspecified atom stereocenters. The van der Waals surface area contributed by atoms with Crippen molar-refractivity contribution in [2.75, 3.05) is 7.11 Å². The van der Waals surface area contributed by atoms with Gasteiger partial charge in [-0.05, 0) is 42.7 Å². The van der Waals surface area contributed by atoms with Gasteiger partial charge < -0.3 is 20.8 Å². The van der Waals surface area contributed by atoms with E-state index in [-0.39, 0.29) is 11.7 Å². The number of nitrogens with one attached hydrogen (secondary N) is 3. The number of hydrogen-bond donors (Lipinski definition) is 4. The van der Waals surface area contributed by atoms with Crippen LogP contribution in [0.25, 0.3) is 11.3 Å². The smallest absolute Gasteiger partial charge is 0.311 e. The predicted molar refractivity (Wildman–Crippen MR) is 118 cm³/mol. The van der Waals surface area contributed by atoms with Gasteiger partial charge in [0, 0.05) is 17.2 Å². The quantitative estimate of drug-likeness (QED) is 0.253. The van der Waals surface area contributed by atoms with E-state index in [4.69, 9.17) is 15.9 Å². The monoisotopic (exact) mass is 419 g/mol. The average Bonchev–Trinajstić information content (AvgIpc) is 3.32. The highest BCUT2D eigenvalue weighted by atomic mass is 16.5. The lowest BCUT2D eigenvalue weighted by Crippen LogP contribution is -2.42. The van der Waals surface area contributed by atoms with E-state index < -0.39 is 17.9 Å². The number of nitrogens with two attached hydrogens (primary N) is 1. The summed E-state index contributed by atoms with van der Waals surface area (Å²) >= 11 is 0. The lowest BCUT2D eigenvalue weighted by molar-refractivity contribution is -0.146. The SMILES string of the molecule is COC(=O)C(Cc1cccc(C(=N)N)c1)C(C)NC(=O)c1ccc(-c2cnc[nH]2)cc1. The van der Waals surface area contributed by atoms with Crippen molar-refractivity contribution in [2.24, 2.45) is 11.7 Å². The number of hydrogen-bond acceptors (Lipinski definition) is 5. The number of nitrogen functional groups attached to an aromatic ring is 1. The Morgan fingerprint density at radius 1 is 1.19 bits per heavy atom. The van der Waals surface area contributed by atoms with Gasteiger partial charge in [0.2, 0.25) is 0 Å². The summed E-state index contributed by atoms with van der Waals surface area (Å²) in [5.41, 5.74) is 9.23. The molecule has 3 rings (SSSR count). The Bertz CT molecular complexity index is 1060. The molecule has 8 nitrogen and oxygen atoms in total. The molecule has 0 aliphatic rings. The first-order valence-corrected chi connectivity index (χ1v) is 9.80. The van der Waals surface area contributed by atoms with Crippen LogP contribution in [-0.2, 0) is 16.0 Å². The first-order valence-electron chi connectivity index (χ1n) is 9.80. The molecule has 0 bridgehead atoms. The summed E-state index contributed by atoms with van der Waals surface area (Å²) in [6.45, 7) is 1.77. The minimum Gasteiger partial charge on any atom is -0.469 e. The van der Waals surface area contributed by atoms with Crippen LogP contribution in [0.1, 0.15) is 28.4 Å². The molecule has 0 radical (unpaired) electrons. The Morgan fingerprint density at radius 2 is 1.94 bits per heavy atom. The molecule has 0 saturated heterocycles. The van der Waals surface area contributed by atoms with E-state index in [1.807, 2.05) is 18.2 Å². The number of ether oxygens (including phenoxy) is 1. The molecule has 8 heteroatoms. The summed E-state index contributed by atoms with van der Waals surface area (Å²) in [7, 11) is 1.32. The number of H-pyrrole nitrogens is 1. The van der Waals surface area contributed by atoms with E-state index in [1.165, 1.54) is 7.11 Å². The molecule has 5 N–H and O–H groups in total. The maximum atomic E-state index is 12.7. The molecule has 0 aliphatic heterocycles. The largest absolute Gasteiger partial charge is 0.469 e. The van der Waals surface area contributed by atoms with Crippen molar-refractivity contribution in [3.63, 3.8) is 0 Å². The van der Waals surface area contributed by atoms with E-state index >= 15 is 0 Å². The van der Waals surface area contributed by atoms with Crippen LogP contribution in [0.4, 0.5) is 0 Å². The fraction of sp³-hybridized carbons (Fsp3) is 0.217. The van der Waals surface area contributed by atoms with Crippen molar-refractivity contribution in [1.29, 1.82) is 5.41 Å². The summed E-state index contributed by atoms with van der Waals surface area (Å²) in [5.74, 6) is -1.34. The summed E-state index contributed by atoms with van der Waals surface area (Å²) in [4.78, 5) is 32.2. The Labute approximate surface area is 180 Å². The summed E-state index contributed by atoms with van der Waals surface area (Å²) in [6, 6.07) is 13.8. The highest BCUT2D eigenvalue weighted by Gasteiger charge is 2.28. The number of rotatable bonds is 8. The molecule has 1 heterocycles. The molecule has 0 aliphatic carbocycles. The number of benzene rings is 2. The Balaban J connectivity index is 1.72. The molecular formula is C23H25N5O3. The first-order chi connectivity index (χ1) is 14.9. The van der Waals surface area contributed by atoms with Crippen molar-refractivity contribution >= 4 is 17.7 Å². The molecular weight excluding hydrogens is 394 g/mol. The van der Waals surface area contributed by atoms with Crippen LogP contribution in [0, 0.1) is 11.3 Å². The average molecular weight is 419 g/mol. The van der Waals surface area contributed by atoms with Crippen molar-refractivity contribution < 1.29 is 14.3 Å². The van der Waals surface area contributed by atoms with Gasteiger partial charge in [-0.25, -0.2) is 4.98 Å². The highest BCUT2D eigenvalue weighted by molar-refractivity contribution is 5.95. The van der Waals surface area contributed by atoms with Gasteiger partial charge in [-0.15, -0.1) is 0 Å². The molecule has 0 fully saturated rings. The standard InChI is InChI=1S/C23H25N5O3/c1-14(19(23(30)31-2)11-15-4-3-5-18(10-15)21(24)25)28-22(29)17-8-6-16(7-9-17)20-12-26-13-27-20/h3-10,12-14,19H,11H2,1-2H3,(H3,24,25)(H,26,27)(H,28,29). The van der Waals surface area contributed by atoms with Gasteiger partial charge in [0.05, 0.1) is 31.2 Å². The lowest BCUT2D eigenvalue weighted by Gasteiger charge is -2.23. The van der Waals surface area contributed by atoms with E-state index in [0.717, 1.165) is 16.8 Å². The second-order valence-corrected chi connectivity index (χ2v) is 7.25. The van der Waals surface area contributed by atoms with Crippen LogP contribution in [-0.4, -0.2) is 40.8 Å². The molecule has 0 spiro atoms. The van der Waals surface area contributed by atoms with Crippen LogP contribution in [0.3, 0.4) is 0 Å². The molecule has 2 aromatic carbocycles. The molecule has 1 aromatic heterocycles. The number of aromatic nitrogens is 2. The maximum absolute atomic E-state index is 12.7. The van der Waals surface area contributed by atoms with Crippen LogP contribution in [0.15, 0.2) is 61.1 Å². The zero-order valence-corrected chi connectivity index (χ0v) is 17.4. The van der Waals surface area contributed by atoms with E-state index in [1.54, 1.807) is 49.8 Å². The van der Waals surface area contributed by atoms with Crippen LogP contribution < -0.4 is 11.1 Å². The fourth-order valence-electron chi connectivity index (χ4n) is 3.34. The van der Waals surface area contributed by atoms with Crippen molar-refractivity contribution in [2.45, 2.75) is 19.4 Å². The maximum Gasteiger partial charge on any atom is 0.311 e. The minimum atomic E-state index is -0.597. The number of imidazole rings is 1. The van der Waals surface area contributed by atoms with Crippen LogP contribution in [0.5, 0.6) is 0 Å². The Hall–Kier alpha value is -3.94. The van der Waals surface area contributed by atoms with Gasteiger partial charge in [-0.2, -0.15) is 0 Å². The number of nitrogens with zero attached hydrogens (tertiary/aromatic N) is 1. The van der Waals surface area contributed by atoms with Crippen molar-refractivity contribution in [3.05, 3.63) is 77.7 Å². The lowest BCUT2D eigenvalue weighted by atomic mass is 9.92. The number of carbonyl (C=O) groups is 2. The second kappa shape index (κ2) is 9.71. The summed E-state index contributed by atoms with van der Waals surface area (Å²) < 4.78 is 4.96. The van der Waals surface area contributed by atoms with Crippen LogP contribution >= 0.6 is 0 Å². The van der Waals surface area contributed by atoms with Gasteiger partial charge in [0.1, 0.15) is 5.84 Å². The van der Waals surface area contributed by atoms with E-state index in [9.17, 15) is 9.59 Å². The van der Waals surface area contributed by atoms with Crippen molar-refractivity contribution in [3.8, 4) is 11.3 Å². The van der Waals surface area contributed by atoms with Gasteiger partial charge in [0.25, 0.3) is 5.91 Å². The summed E-state index contributed by atoms with van der Waals surface area (Å²) in [5, 5.41) is 10.5. The van der Waals surface area contributed by atoms with Gasteiger partial charge in [-0.1, -0.05) is 30.3 Å². The fourth-order valence-corrected chi connectivity index (χ4v) is 3.34. The number of amidine groups is 1. The third kappa shape index (κ3) is 5.36. The zero-order chi connectivity index (χ0) is 22.4. The highest BCUT2D eigenvalue weighted by Crippen LogP contribution is 2.19. The molecule has 31 heavy (non-hydrogen) atoms. The number of methoxy groups -OCH3 is 1. The molecule has 3 aromatic rings. The predicted octanol–water partition coefficient (Wildman–Crippen LogP) is 2.51. The molecule has 1 amide bonds. The minimum absolute atomic E-state index is 0.0450. The first kappa shape index (κ1) is 21.8. The van der Waals surface area contributed by atoms with Crippen molar-refractivity contribution in [1.82, 2.24) is 15.3 Å². The van der Waals surface area contributed by atoms with Crippen LogP contribution in [0.2, 0.25) is 0 Å². The number of aromatic amines is 1. The third-order valence-electron chi connectivity index (χ3n) is 5.12. The zero-order valence-electron chi connectivity index (χ0n) is 17.4. The van der Waals surface area contributed by atoms with E-state index in [0.29, 0.717) is 17.5 Å². The third-order valence-corrected chi connectivity index (χ3v) is 5.12. The van der Waals surface area contributed by atoms with Gasteiger partial charge >= 0.3 is 5.97 Å². The number of carbonyl (C=O) groups excluding carboxylic acids is 2. The number of esters is 1. The summed E-state index contributed by atoms with van der Waals surface area (Å²) in [6.07, 6.45) is 3.64. The van der Waals surface area contributed by atoms with Gasteiger partial charge in [0.15, 0.2) is 0 Å². The van der Waals surface area contributed by atoms with E-state index in [2.05, 4.69) is 15.3 Å². The molecule has 160 valence electrons. The second-order valence-electron chi connectivity index (χ2n) is 7.25. The molecule has 0 saturated carbocycles.